The van der Waals surface area contributed by atoms with E-state index in [4.69, 9.17) is 23.7 Å². The highest BCUT2D eigenvalue weighted by molar-refractivity contribution is 6.03. The number of carbonyl (C=O) groups excluding carboxylic acids is 3. The van der Waals surface area contributed by atoms with Crippen molar-refractivity contribution in [3.8, 4) is 0 Å². The first-order valence-electron chi connectivity index (χ1n) is 19.7. The Kier molecular flexibility index (Phi) is 14.9. The van der Waals surface area contributed by atoms with Crippen LogP contribution >= 0.6 is 0 Å². The minimum atomic E-state index is -2.07. The molecule has 0 amide bonds. The van der Waals surface area contributed by atoms with Gasteiger partial charge in [0.05, 0.1) is 47.2 Å². The monoisotopic (exact) mass is 788 g/mol. The number of ether oxygens (including phenoxy) is 5. The predicted molar refractivity (Wildman–Crippen MR) is 207 cm³/mol. The van der Waals surface area contributed by atoms with Gasteiger partial charge in [-0.25, -0.2) is 4.79 Å². The molecule has 1 aromatic carbocycles. The standard InChI is InChI=1S/C42H64N2O12/c1-12-32-41(7,50)31(18-20-53-38(49)28-17-19-43-29-16-14-13-15-27(28)29)42(8,51)35(47)23(2)22-40(6,52-11)36(25(4)33(45)26(5)37(48)55-32)56-39-34(46)30(44(9)10)21-24(3)54-39/h13-17,19,23-26,30-32,34-36,39,46-47,50-51H,12,18,20-22H2,1-11H3/t23-,24-,25-,26?,30+,31-,32-,34-,35?,36-,39+,40-,41+,42?/m1/s1. The lowest BCUT2D eigenvalue weighted by molar-refractivity contribution is -0.297. The maximum atomic E-state index is 14.2. The van der Waals surface area contributed by atoms with Crippen LogP contribution in [0.15, 0.2) is 36.5 Å². The molecule has 14 nitrogen and oxygen atoms in total. The molecule has 0 radical (unpaired) electrons. The highest BCUT2D eigenvalue weighted by atomic mass is 16.7. The molecule has 4 N–H and O–H groups in total. The molecular weight excluding hydrogens is 724 g/mol. The summed E-state index contributed by atoms with van der Waals surface area (Å²) < 4.78 is 30.4. The number of rotatable bonds is 9. The van der Waals surface area contributed by atoms with Crippen LogP contribution in [0.25, 0.3) is 10.9 Å². The minimum absolute atomic E-state index is 0.0214. The Morgan fingerprint density at radius 1 is 1.02 bits per heavy atom. The highest BCUT2D eigenvalue weighted by Crippen LogP contribution is 2.43. The number of para-hydroxylation sites is 1. The minimum Gasteiger partial charge on any atom is -0.462 e. The van der Waals surface area contributed by atoms with Gasteiger partial charge in [-0.15, -0.1) is 0 Å². The lowest BCUT2D eigenvalue weighted by atomic mass is 9.66. The molecular formula is C42H64N2O12. The van der Waals surface area contributed by atoms with E-state index >= 15 is 0 Å². The summed E-state index contributed by atoms with van der Waals surface area (Å²) in [5.41, 5.74) is -4.53. The Morgan fingerprint density at radius 2 is 1.68 bits per heavy atom. The Bertz CT molecular complexity index is 1660. The van der Waals surface area contributed by atoms with Crippen LogP contribution in [0.4, 0.5) is 0 Å². The van der Waals surface area contributed by atoms with Crippen LogP contribution in [0.2, 0.25) is 0 Å². The summed E-state index contributed by atoms with van der Waals surface area (Å²) in [6.45, 7) is 12.5. The van der Waals surface area contributed by atoms with Gasteiger partial charge >= 0.3 is 11.9 Å². The van der Waals surface area contributed by atoms with E-state index < -0.39 is 88.9 Å². The normalized spacial score (nSPS) is 39.2. The van der Waals surface area contributed by atoms with Gasteiger partial charge in [0.2, 0.25) is 0 Å². The van der Waals surface area contributed by atoms with Crippen LogP contribution in [0, 0.1) is 23.7 Å². The number of fused-ring (bicyclic) bond motifs is 1. The number of nitrogens with zero attached hydrogens (tertiary/aromatic N) is 2. The molecule has 14 heteroatoms. The second-order valence-electron chi connectivity index (χ2n) is 16.8. The van der Waals surface area contributed by atoms with Crippen LogP contribution in [0.5, 0.6) is 0 Å². The van der Waals surface area contributed by atoms with E-state index in [1.54, 1.807) is 58.0 Å². The van der Waals surface area contributed by atoms with E-state index in [0.717, 1.165) is 0 Å². The van der Waals surface area contributed by atoms with Gasteiger partial charge in [-0.2, -0.15) is 0 Å². The molecule has 2 fully saturated rings. The van der Waals surface area contributed by atoms with Gasteiger partial charge < -0.3 is 49.0 Å². The third kappa shape index (κ3) is 9.44. The number of Topliss-reactive ketones (excluding diaryl/α,β-unsaturated/α-hetero) is 1. The quantitative estimate of drug-likeness (QED) is 0.212. The van der Waals surface area contributed by atoms with Gasteiger partial charge in [0, 0.05) is 36.6 Å². The van der Waals surface area contributed by atoms with E-state index in [1.807, 2.05) is 25.9 Å². The number of cyclic esters (lactones) is 1. The fourth-order valence-corrected chi connectivity index (χ4v) is 8.98. The number of hydrogen-bond donors (Lipinski definition) is 4. The largest absolute Gasteiger partial charge is 0.462 e. The van der Waals surface area contributed by atoms with Crippen LogP contribution < -0.4 is 0 Å². The SMILES string of the molecule is CC[C@H]1OC(=O)C(C)C(=O)[C@@H](C)[C@@H](O[C@@H]2O[C@H](C)C[C@H](N(C)C)[C@H]2O)[C@](C)(OC)C[C@@H](C)C(O)C(C)(O)[C@H](CCOC(=O)c2ccnc3ccccc23)[C@]1(C)O. The van der Waals surface area contributed by atoms with Crippen molar-refractivity contribution in [1.82, 2.24) is 9.88 Å². The topological polar surface area (TPSA) is 194 Å². The highest BCUT2D eigenvalue weighted by Gasteiger charge is 2.56. The molecule has 2 aromatic rings. The molecule has 2 aliphatic heterocycles. The van der Waals surface area contributed by atoms with Crippen LogP contribution in [0.3, 0.4) is 0 Å². The van der Waals surface area contributed by atoms with Crippen molar-refractivity contribution in [3.63, 3.8) is 0 Å². The number of pyridine rings is 1. The zero-order valence-electron chi connectivity index (χ0n) is 34.8. The number of methoxy groups -OCH3 is 1. The molecule has 3 heterocycles. The van der Waals surface area contributed by atoms with Crippen molar-refractivity contribution >= 4 is 28.6 Å². The number of aliphatic hydroxyl groups excluding tert-OH is 2. The first-order chi connectivity index (χ1) is 26.1. The number of carbonyl (C=O) groups is 3. The lowest BCUT2D eigenvalue weighted by Gasteiger charge is -2.50. The number of hydrogen-bond acceptors (Lipinski definition) is 14. The lowest BCUT2D eigenvalue weighted by Crippen LogP contribution is -2.63. The summed E-state index contributed by atoms with van der Waals surface area (Å²) in [5.74, 6) is -6.39. The van der Waals surface area contributed by atoms with Crippen molar-refractivity contribution in [1.29, 1.82) is 0 Å². The molecule has 2 aliphatic rings. The molecule has 314 valence electrons. The average Bonchev–Trinajstić information content (AvgIpc) is 3.16. The van der Waals surface area contributed by atoms with Gasteiger partial charge in [-0.1, -0.05) is 39.0 Å². The van der Waals surface area contributed by atoms with Crippen molar-refractivity contribution in [2.24, 2.45) is 23.7 Å². The molecule has 0 spiro atoms. The second-order valence-corrected chi connectivity index (χ2v) is 16.8. The number of ketones is 1. The smallest absolute Gasteiger partial charge is 0.338 e. The molecule has 3 unspecified atom stereocenters. The summed E-state index contributed by atoms with van der Waals surface area (Å²) in [4.78, 5) is 47.6. The molecule has 0 saturated carbocycles. The van der Waals surface area contributed by atoms with E-state index in [2.05, 4.69) is 4.98 Å². The van der Waals surface area contributed by atoms with E-state index in [0.29, 0.717) is 17.3 Å². The molecule has 56 heavy (non-hydrogen) atoms. The van der Waals surface area contributed by atoms with Crippen molar-refractivity contribution in [3.05, 3.63) is 42.1 Å². The predicted octanol–water partition coefficient (Wildman–Crippen LogP) is 3.68. The van der Waals surface area contributed by atoms with Gasteiger partial charge in [-0.3, -0.25) is 14.6 Å². The Hall–Kier alpha value is -3.08. The number of esters is 2. The summed E-state index contributed by atoms with van der Waals surface area (Å²) in [6.07, 6.45) is -4.44. The second kappa shape index (κ2) is 18.2. The van der Waals surface area contributed by atoms with Crippen LogP contribution in [-0.2, 0) is 33.3 Å². The Balaban J connectivity index is 1.73. The number of benzene rings is 1. The third-order valence-corrected chi connectivity index (χ3v) is 12.4. The Morgan fingerprint density at radius 3 is 2.30 bits per heavy atom. The maximum Gasteiger partial charge on any atom is 0.338 e. The van der Waals surface area contributed by atoms with E-state index in [9.17, 15) is 34.8 Å². The average molecular weight is 789 g/mol. The van der Waals surface area contributed by atoms with Gasteiger partial charge in [0.1, 0.15) is 23.7 Å². The van der Waals surface area contributed by atoms with Crippen molar-refractivity contribution in [2.45, 2.75) is 141 Å². The maximum absolute atomic E-state index is 14.2. The van der Waals surface area contributed by atoms with Gasteiger partial charge in [0.25, 0.3) is 0 Å². The van der Waals surface area contributed by atoms with Gasteiger partial charge in [0.15, 0.2) is 12.1 Å². The summed E-state index contributed by atoms with van der Waals surface area (Å²) >= 11 is 0. The number of aliphatic hydroxyl groups is 4. The fourth-order valence-electron chi connectivity index (χ4n) is 8.98. The number of likely N-dealkylation sites (N-methyl/N-ethyl adjacent to an activating group) is 1. The van der Waals surface area contributed by atoms with Gasteiger partial charge in [-0.05, 0) is 92.4 Å². The molecule has 1 aromatic heterocycles. The van der Waals surface area contributed by atoms with Crippen LogP contribution in [-0.4, -0.2) is 135 Å². The third-order valence-electron chi connectivity index (χ3n) is 12.4. The van der Waals surface area contributed by atoms with E-state index in [1.165, 1.54) is 34.1 Å². The summed E-state index contributed by atoms with van der Waals surface area (Å²) in [7, 11) is 5.13. The zero-order valence-corrected chi connectivity index (χ0v) is 34.8. The summed E-state index contributed by atoms with van der Waals surface area (Å²) in [5, 5.41) is 48.8. The van der Waals surface area contributed by atoms with Crippen molar-refractivity contribution in [2.75, 3.05) is 27.8 Å². The fraction of sp³-hybridized carbons (Fsp3) is 0.714. The number of aromatic nitrogens is 1. The first kappa shape index (κ1) is 45.6. The molecule has 14 atom stereocenters. The molecule has 0 bridgehead atoms. The van der Waals surface area contributed by atoms with E-state index in [-0.39, 0.29) is 43.6 Å². The molecule has 0 aliphatic carbocycles. The summed E-state index contributed by atoms with van der Waals surface area (Å²) in [6, 6.07) is 8.35. The molecule has 4 rings (SSSR count). The first-order valence-corrected chi connectivity index (χ1v) is 19.7. The molecule has 2 saturated heterocycles. The zero-order chi connectivity index (χ0) is 41.9. The van der Waals surface area contributed by atoms with Crippen LogP contribution in [0.1, 0.15) is 91.4 Å². The Labute approximate surface area is 330 Å². The van der Waals surface area contributed by atoms with Crippen molar-refractivity contribution < 1.29 is 58.5 Å².